The molecule has 0 spiro atoms. The number of para-hydroxylation sites is 1. The number of benzene rings is 4. The monoisotopic (exact) mass is 698 g/mol. The van der Waals surface area contributed by atoms with E-state index in [-0.39, 0.29) is 24.1 Å². The number of hydrogen-bond acceptors (Lipinski definition) is 6. The SMILES string of the molecule is CCC[C@@H](CNCc1cccc2ccccc12)N(C(=O)Cc1cncn1Cc1ccc([N+](=O)[O-])cc1)C(=S)Nc1ccccc1Br. The molecule has 0 unspecified atom stereocenters. The van der Waals surface area contributed by atoms with Crippen LogP contribution in [0.1, 0.15) is 36.6 Å². The molecule has 5 rings (SSSR count). The smallest absolute Gasteiger partial charge is 0.269 e. The lowest BCUT2D eigenvalue weighted by atomic mass is 10.0. The molecule has 1 amide bonds. The summed E-state index contributed by atoms with van der Waals surface area (Å²) >= 11 is 9.51. The Balaban J connectivity index is 1.36. The molecule has 236 valence electrons. The maximum absolute atomic E-state index is 14.2. The van der Waals surface area contributed by atoms with E-state index in [2.05, 4.69) is 68.8 Å². The van der Waals surface area contributed by atoms with Crippen molar-refractivity contribution >= 4 is 61.3 Å². The summed E-state index contributed by atoms with van der Waals surface area (Å²) in [6, 6.07) is 28.5. The number of nitro groups is 1. The van der Waals surface area contributed by atoms with Crippen LogP contribution in [0.4, 0.5) is 11.4 Å². The first-order valence-corrected chi connectivity index (χ1v) is 16.3. The Morgan fingerprint density at radius 3 is 2.54 bits per heavy atom. The molecule has 0 fully saturated rings. The van der Waals surface area contributed by atoms with Gasteiger partial charge in [-0.1, -0.05) is 80.1 Å². The number of thiocarbonyl (C=S) groups is 1. The number of nitrogens with one attached hydrogen (secondary N) is 2. The average Bonchev–Trinajstić information content (AvgIpc) is 3.48. The molecule has 0 saturated heterocycles. The number of nitrogens with zero attached hydrogens (tertiary/aromatic N) is 4. The highest BCUT2D eigenvalue weighted by molar-refractivity contribution is 9.10. The minimum atomic E-state index is -0.422. The third kappa shape index (κ3) is 8.22. The van der Waals surface area contributed by atoms with Crippen molar-refractivity contribution in [2.24, 2.45) is 0 Å². The van der Waals surface area contributed by atoms with E-state index in [1.807, 2.05) is 41.0 Å². The number of nitro benzene ring substituents is 1. The average molecular weight is 700 g/mol. The normalized spacial score (nSPS) is 11.7. The third-order valence-corrected chi connectivity index (χ3v) is 8.79. The van der Waals surface area contributed by atoms with E-state index in [1.54, 1.807) is 29.6 Å². The largest absolute Gasteiger partial charge is 0.331 e. The highest BCUT2D eigenvalue weighted by atomic mass is 79.9. The molecule has 0 aliphatic carbocycles. The Morgan fingerprint density at radius 2 is 1.78 bits per heavy atom. The molecular weight excluding hydrogens is 664 g/mol. The van der Waals surface area contributed by atoms with Crippen molar-refractivity contribution in [3.8, 4) is 0 Å². The van der Waals surface area contributed by atoms with Crippen molar-refractivity contribution in [3.63, 3.8) is 0 Å². The Hall–Kier alpha value is -4.45. The summed E-state index contributed by atoms with van der Waals surface area (Å²) in [6.45, 7) is 3.72. The lowest BCUT2D eigenvalue weighted by molar-refractivity contribution is -0.384. The van der Waals surface area contributed by atoms with Crippen LogP contribution in [0.15, 0.2) is 108 Å². The number of anilines is 1. The van der Waals surface area contributed by atoms with E-state index in [0.29, 0.717) is 24.7 Å². The number of halogens is 1. The fourth-order valence-corrected chi connectivity index (χ4v) is 6.24. The molecule has 0 aliphatic rings. The zero-order valence-electron chi connectivity index (χ0n) is 25.4. The van der Waals surface area contributed by atoms with Gasteiger partial charge in [0.2, 0.25) is 5.91 Å². The summed E-state index contributed by atoms with van der Waals surface area (Å²) in [7, 11) is 0. The number of rotatable bonds is 13. The molecule has 46 heavy (non-hydrogen) atoms. The molecule has 0 bridgehead atoms. The lowest BCUT2D eigenvalue weighted by Gasteiger charge is -2.33. The molecule has 1 heterocycles. The van der Waals surface area contributed by atoms with Crippen LogP contribution < -0.4 is 10.6 Å². The molecule has 1 aromatic heterocycles. The van der Waals surface area contributed by atoms with Gasteiger partial charge in [-0.3, -0.25) is 19.8 Å². The van der Waals surface area contributed by atoms with Crippen LogP contribution in [0, 0.1) is 10.1 Å². The Bertz CT molecular complexity index is 1820. The Kier molecular flexibility index (Phi) is 11.2. The van der Waals surface area contributed by atoms with Gasteiger partial charge in [-0.2, -0.15) is 0 Å². The van der Waals surface area contributed by atoms with E-state index in [1.165, 1.54) is 28.5 Å². The number of aromatic nitrogens is 2. The van der Waals surface area contributed by atoms with Crippen molar-refractivity contribution in [2.75, 3.05) is 11.9 Å². The summed E-state index contributed by atoms with van der Waals surface area (Å²) in [5, 5.41) is 20.7. The van der Waals surface area contributed by atoms with Crippen LogP contribution in [-0.2, 0) is 24.3 Å². The van der Waals surface area contributed by atoms with Crippen LogP contribution in [0.5, 0.6) is 0 Å². The quantitative estimate of drug-likeness (QED) is 0.0746. The van der Waals surface area contributed by atoms with E-state index < -0.39 is 4.92 Å². The van der Waals surface area contributed by atoms with Crippen LogP contribution in [0.3, 0.4) is 0 Å². The van der Waals surface area contributed by atoms with Crippen molar-refractivity contribution in [1.29, 1.82) is 0 Å². The third-order valence-electron chi connectivity index (χ3n) is 7.80. The molecule has 11 heteroatoms. The predicted octanol–water partition coefficient (Wildman–Crippen LogP) is 7.48. The number of amides is 1. The topological polar surface area (TPSA) is 105 Å². The fourth-order valence-electron chi connectivity index (χ4n) is 5.49. The molecule has 2 N–H and O–H groups in total. The highest BCUT2D eigenvalue weighted by Gasteiger charge is 2.28. The second kappa shape index (κ2) is 15.7. The molecular formula is C35H35BrN6O3S. The summed E-state index contributed by atoms with van der Waals surface area (Å²) in [4.78, 5) is 30.9. The summed E-state index contributed by atoms with van der Waals surface area (Å²) in [5.41, 5.74) is 3.57. The van der Waals surface area contributed by atoms with Gasteiger partial charge in [-0.15, -0.1) is 0 Å². The van der Waals surface area contributed by atoms with Gasteiger partial charge >= 0.3 is 0 Å². The minimum absolute atomic E-state index is 0.0301. The van der Waals surface area contributed by atoms with Gasteiger partial charge in [0.25, 0.3) is 5.69 Å². The Labute approximate surface area is 281 Å². The molecule has 0 aliphatic heterocycles. The van der Waals surface area contributed by atoms with Crippen LogP contribution in [-0.4, -0.2) is 43.0 Å². The van der Waals surface area contributed by atoms with Gasteiger partial charge in [-0.05, 0) is 68.6 Å². The molecule has 5 aromatic rings. The predicted molar refractivity (Wildman–Crippen MR) is 190 cm³/mol. The van der Waals surface area contributed by atoms with E-state index in [0.717, 1.165) is 34.3 Å². The van der Waals surface area contributed by atoms with Gasteiger partial charge in [0.1, 0.15) is 0 Å². The maximum Gasteiger partial charge on any atom is 0.269 e. The molecule has 0 saturated carbocycles. The maximum atomic E-state index is 14.2. The summed E-state index contributed by atoms with van der Waals surface area (Å²) in [5.74, 6) is -0.152. The van der Waals surface area contributed by atoms with Crippen LogP contribution in [0.2, 0.25) is 0 Å². The zero-order valence-corrected chi connectivity index (χ0v) is 27.8. The Morgan fingerprint density at radius 1 is 1.04 bits per heavy atom. The van der Waals surface area contributed by atoms with Gasteiger partial charge in [0.15, 0.2) is 5.11 Å². The van der Waals surface area contributed by atoms with E-state index in [4.69, 9.17) is 12.2 Å². The highest BCUT2D eigenvalue weighted by Crippen LogP contribution is 2.24. The van der Waals surface area contributed by atoms with Gasteiger partial charge in [0.05, 0.1) is 29.4 Å². The van der Waals surface area contributed by atoms with E-state index >= 15 is 0 Å². The first-order chi connectivity index (χ1) is 22.3. The number of fused-ring (bicyclic) bond motifs is 1. The summed E-state index contributed by atoms with van der Waals surface area (Å²) in [6.07, 6.45) is 5.03. The number of carbonyl (C=O) groups excluding carboxylic acids is 1. The lowest BCUT2D eigenvalue weighted by Crippen LogP contribution is -2.51. The van der Waals surface area contributed by atoms with Gasteiger partial charge in [-0.25, -0.2) is 4.98 Å². The minimum Gasteiger partial charge on any atom is -0.331 e. The standard InChI is InChI=1S/C35H35BrN6O3S/c1-2-8-29(21-37-20-27-11-7-10-26-9-3-4-12-31(26)27)41(35(46)39-33-14-6-5-13-32(33)36)34(43)19-30-22-38-24-40(30)23-25-15-17-28(18-16-25)42(44)45/h3-7,9-18,22,24,29,37H,2,8,19-21,23H2,1H3,(H,39,46)/t29-/m0/s1. The second-order valence-corrected chi connectivity index (χ2v) is 12.2. The number of carbonyl (C=O) groups is 1. The van der Waals surface area contributed by atoms with Crippen molar-refractivity contribution in [1.82, 2.24) is 19.8 Å². The second-order valence-electron chi connectivity index (χ2n) is 11.0. The molecule has 0 radical (unpaired) electrons. The van der Waals surface area contributed by atoms with Crippen LogP contribution >= 0.6 is 28.1 Å². The van der Waals surface area contributed by atoms with Gasteiger partial charge in [0, 0.05) is 48.1 Å². The molecule has 9 nitrogen and oxygen atoms in total. The first-order valence-electron chi connectivity index (χ1n) is 15.1. The van der Waals surface area contributed by atoms with Crippen molar-refractivity contribution < 1.29 is 9.72 Å². The van der Waals surface area contributed by atoms with Crippen molar-refractivity contribution in [2.45, 2.75) is 45.3 Å². The zero-order chi connectivity index (χ0) is 32.5. The van der Waals surface area contributed by atoms with Crippen LogP contribution in [0.25, 0.3) is 10.8 Å². The van der Waals surface area contributed by atoms with Crippen molar-refractivity contribution in [3.05, 3.63) is 135 Å². The fraction of sp³-hybridized carbons (Fsp3) is 0.229. The number of non-ortho nitro benzene ring substituents is 1. The summed E-state index contributed by atoms with van der Waals surface area (Å²) < 4.78 is 2.72. The molecule has 1 atom stereocenters. The molecule has 4 aromatic carbocycles. The number of hydrogen-bond donors (Lipinski definition) is 2. The van der Waals surface area contributed by atoms with E-state index in [9.17, 15) is 14.9 Å². The van der Waals surface area contributed by atoms with Gasteiger partial charge < -0.3 is 15.2 Å². The number of imidazole rings is 1. The first kappa shape index (κ1) is 32.9.